The van der Waals surface area contributed by atoms with Crippen LogP contribution in [-0.4, -0.2) is 12.5 Å². The molecule has 0 aliphatic carbocycles. The number of nitrogens with two attached hydrogens (primary N) is 1. The molecule has 110 valence electrons. The Hall–Kier alpha value is -2.43. The van der Waals surface area contributed by atoms with Crippen molar-refractivity contribution in [3.8, 4) is 0 Å². The average Bonchev–Trinajstić information content (AvgIpc) is 2.45. The quantitative estimate of drug-likeness (QED) is 0.874. The van der Waals surface area contributed by atoms with Gasteiger partial charge in [-0.05, 0) is 42.8 Å². The monoisotopic (exact) mass is 290 g/mol. The summed E-state index contributed by atoms with van der Waals surface area (Å²) in [5.41, 5.74) is 6.18. The molecule has 2 aromatic rings. The fourth-order valence-electron chi connectivity index (χ4n) is 2.06. The molecule has 2 rings (SSSR count). The van der Waals surface area contributed by atoms with Crippen LogP contribution in [-0.2, 0) is 0 Å². The van der Waals surface area contributed by atoms with E-state index in [9.17, 15) is 13.6 Å². The van der Waals surface area contributed by atoms with E-state index in [4.69, 9.17) is 5.73 Å². The van der Waals surface area contributed by atoms with Gasteiger partial charge in [-0.2, -0.15) is 0 Å². The molecule has 0 unspecified atom stereocenters. The van der Waals surface area contributed by atoms with E-state index in [0.717, 1.165) is 12.1 Å². The Morgan fingerprint density at radius 1 is 1.10 bits per heavy atom. The Balaban J connectivity index is 2.42. The van der Waals surface area contributed by atoms with Gasteiger partial charge in [0.15, 0.2) is 0 Å². The smallest absolute Gasteiger partial charge is 0.264 e. The minimum Gasteiger partial charge on any atom is -0.399 e. The molecular formula is C16H16F2N2O. The molecule has 0 aliphatic heterocycles. The van der Waals surface area contributed by atoms with Crippen LogP contribution in [0.4, 0.5) is 20.2 Å². The maximum Gasteiger partial charge on any atom is 0.264 e. The third kappa shape index (κ3) is 3.18. The summed E-state index contributed by atoms with van der Waals surface area (Å²) >= 11 is 0. The van der Waals surface area contributed by atoms with Gasteiger partial charge in [0.25, 0.3) is 5.91 Å². The fraction of sp³-hybridized carbons (Fsp3) is 0.188. The molecule has 0 fully saturated rings. The van der Waals surface area contributed by atoms with Gasteiger partial charge in [0.1, 0.15) is 17.2 Å². The van der Waals surface area contributed by atoms with Crippen LogP contribution in [0.15, 0.2) is 42.5 Å². The summed E-state index contributed by atoms with van der Waals surface area (Å²) in [6, 6.07) is 9.97. The number of hydrogen-bond donors (Lipinski definition) is 1. The van der Waals surface area contributed by atoms with Crippen molar-refractivity contribution in [2.24, 2.45) is 0 Å². The van der Waals surface area contributed by atoms with Gasteiger partial charge in [-0.15, -0.1) is 0 Å². The number of carbonyl (C=O) groups excluding carboxylic acids is 1. The summed E-state index contributed by atoms with van der Waals surface area (Å²) in [4.78, 5) is 13.8. The van der Waals surface area contributed by atoms with E-state index >= 15 is 0 Å². The number of nitrogen functional groups attached to an aromatic ring is 1. The second-order valence-electron chi connectivity index (χ2n) is 4.64. The predicted octanol–water partition coefficient (Wildman–Crippen LogP) is 3.60. The molecule has 0 atom stereocenters. The van der Waals surface area contributed by atoms with Gasteiger partial charge in [-0.1, -0.05) is 13.0 Å². The molecule has 2 N–H and O–H groups in total. The standard InChI is InChI=1S/C16H16F2N2O/c1-2-10-20(12-8-6-11(19)7-9-12)16(21)15-13(17)4-3-5-14(15)18/h3-9H,2,10,19H2,1H3. The van der Waals surface area contributed by atoms with Crippen LogP contribution in [0.25, 0.3) is 0 Å². The van der Waals surface area contributed by atoms with Crippen molar-refractivity contribution in [3.63, 3.8) is 0 Å². The first-order valence-corrected chi connectivity index (χ1v) is 6.66. The summed E-state index contributed by atoms with van der Waals surface area (Å²) < 4.78 is 27.5. The predicted molar refractivity (Wildman–Crippen MR) is 79.2 cm³/mol. The molecule has 5 heteroatoms. The largest absolute Gasteiger partial charge is 0.399 e. The van der Waals surface area contributed by atoms with Gasteiger partial charge >= 0.3 is 0 Å². The number of halogens is 2. The van der Waals surface area contributed by atoms with Crippen LogP contribution in [0.5, 0.6) is 0 Å². The molecule has 21 heavy (non-hydrogen) atoms. The minimum absolute atomic E-state index is 0.358. The lowest BCUT2D eigenvalue weighted by Gasteiger charge is -2.23. The number of nitrogens with zero attached hydrogens (tertiary/aromatic N) is 1. The molecule has 1 amide bonds. The van der Waals surface area contributed by atoms with Crippen molar-refractivity contribution >= 4 is 17.3 Å². The Morgan fingerprint density at radius 2 is 1.67 bits per heavy atom. The van der Waals surface area contributed by atoms with E-state index in [2.05, 4.69) is 0 Å². The highest BCUT2D eigenvalue weighted by atomic mass is 19.1. The third-order valence-electron chi connectivity index (χ3n) is 3.07. The Bertz CT molecular complexity index is 621. The van der Waals surface area contributed by atoms with Gasteiger partial charge in [-0.3, -0.25) is 4.79 Å². The topological polar surface area (TPSA) is 46.3 Å². The molecule has 0 aliphatic rings. The minimum atomic E-state index is -0.864. The lowest BCUT2D eigenvalue weighted by molar-refractivity contribution is 0.0979. The third-order valence-corrected chi connectivity index (χ3v) is 3.07. The summed E-state index contributed by atoms with van der Waals surface area (Å²) in [5, 5.41) is 0. The normalized spacial score (nSPS) is 10.4. The van der Waals surface area contributed by atoms with Crippen LogP contribution >= 0.6 is 0 Å². The first-order valence-electron chi connectivity index (χ1n) is 6.66. The molecule has 0 spiro atoms. The second-order valence-corrected chi connectivity index (χ2v) is 4.64. The zero-order valence-electron chi connectivity index (χ0n) is 11.6. The average molecular weight is 290 g/mol. The first kappa shape index (κ1) is 15.0. The van der Waals surface area contributed by atoms with E-state index in [1.165, 1.54) is 11.0 Å². The summed E-state index contributed by atoms with van der Waals surface area (Å²) in [6.45, 7) is 2.24. The number of carbonyl (C=O) groups is 1. The number of hydrogen-bond acceptors (Lipinski definition) is 2. The molecule has 0 saturated carbocycles. The van der Waals surface area contributed by atoms with E-state index in [-0.39, 0.29) is 0 Å². The Labute approximate surface area is 122 Å². The highest BCUT2D eigenvalue weighted by molar-refractivity contribution is 6.06. The highest BCUT2D eigenvalue weighted by Crippen LogP contribution is 2.22. The van der Waals surface area contributed by atoms with E-state index in [0.29, 0.717) is 24.3 Å². The lowest BCUT2D eigenvalue weighted by Crippen LogP contribution is -2.33. The van der Waals surface area contributed by atoms with E-state index < -0.39 is 23.1 Å². The van der Waals surface area contributed by atoms with Gasteiger partial charge < -0.3 is 10.6 Å². The van der Waals surface area contributed by atoms with Crippen molar-refractivity contribution in [1.29, 1.82) is 0 Å². The van der Waals surface area contributed by atoms with Gasteiger partial charge in [0.2, 0.25) is 0 Å². The van der Waals surface area contributed by atoms with Gasteiger partial charge in [0.05, 0.1) is 0 Å². The number of anilines is 2. The molecule has 0 radical (unpaired) electrons. The van der Waals surface area contributed by atoms with Crippen molar-refractivity contribution < 1.29 is 13.6 Å². The second kappa shape index (κ2) is 6.35. The van der Waals surface area contributed by atoms with Crippen molar-refractivity contribution in [1.82, 2.24) is 0 Å². The molecule has 0 heterocycles. The van der Waals surface area contributed by atoms with Crippen LogP contribution in [0.1, 0.15) is 23.7 Å². The van der Waals surface area contributed by atoms with Crippen molar-refractivity contribution in [3.05, 3.63) is 59.7 Å². The molecule has 0 saturated heterocycles. The van der Waals surface area contributed by atoms with Gasteiger partial charge in [-0.25, -0.2) is 8.78 Å². The summed E-state index contributed by atoms with van der Waals surface area (Å²) in [6.07, 6.45) is 0.659. The van der Waals surface area contributed by atoms with E-state index in [1.54, 1.807) is 24.3 Å². The van der Waals surface area contributed by atoms with Crippen LogP contribution in [0.3, 0.4) is 0 Å². The first-order chi connectivity index (χ1) is 10.0. The van der Waals surface area contributed by atoms with Crippen LogP contribution in [0.2, 0.25) is 0 Å². The lowest BCUT2D eigenvalue weighted by atomic mass is 10.1. The Morgan fingerprint density at radius 3 is 2.19 bits per heavy atom. The zero-order chi connectivity index (χ0) is 15.4. The SMILES string of the molecule is CCCN(C(=O)c1c(F)cccc1F)c1ccc(N)cc1. The van der Waals surface area contributed by atoms with Crippen molar-refractivity contribution in [2.75, 3.05) is 17.2 Å². The number of amides is 1. The molecule has 0 aromatic heterocycles. The Kier molecular flexibility index (Phi) is 4.52. The molecule has 0 bridgehead atoms. The maximum absolute atomic E-state index is 13.8. The molecule has 2 aromatic carbocycles. The number of benzene rings is 2. The van der Waals surface area contributed by atoms with Crippen LogP contribution in [0, 0.1) is 11.6 Å². The van der Waals surface area contributed by atoms with Crippen molar-refractivity contribution in [2.45, 2.75) is 13.3 Å². The summed E-state index contributed by atoms with van der Waals surface area (Å²) in [7, 11) is 0. The van der Waals surface area contributed by atoms with Crippen LogP contribution < -0.4 is 10.6 Å². The maximum atomic E-state index is 13.8. The fourth-order valence-corrected chi connectivity index (χ4v) is 2.06. The highest BCUT2D eigenvalue weighted by Gasteiger charge is 2.23. The molecular weight excluding hydrogens is 274 g/mol. The van der Waals surface area contributed by atoms with E-state index in [1.807, 2.05) is 6.92 Å². The molecule has 3 nitrogen and oxygen atoms in total. The zero-order valence-corrected chi connectivity index (χ0v) is 11.6. The number of rotatable bonds is 4. The summed E-state index contributed by atoms with van der Waals surface area (Å²) in [5.74, 6) is -2.43. The van der Waals surface area contributed by atoms with Gasteiger partial charge in [0, 0.05) is 17.9 Å².